The highest BCUT2D eigenvalue weighted by Crippen LogP contribution is 2.15. The van der Waals surface area contributed by atoms with Crippen molar-refractivity contribution in [1.82, 2.24) is 9.97 Å². The summed E-state index contributed by atoms with van der Waals surface area (Å²) in [6, 6.07) is 0. The number of nitrogens with zero attached hydrogens (tertiary/aromatic N) is 3. The molecular formula is C9H11Br2N3O. The minimum absolute atomic E-state index is 0.228. The van der Waals surface area contributed by atoms with E-state index in [0.717, 1.165) is 35.4 Å². The van der Waals surface area contributed by atoms with Gasteiger partial charge in [0.05, 0.1) is 17.2 Å². The molecular weight excluding hydrogens is 326 g/mol. The molecule has 0 N–H and O–H groups in total. The number of hydrogen-bond acceptors (Lipinski definition) is 4. The van der Waals surface area contributed by atoms with Crippen LogP contribution < -0.4 is 4.90 Å². The first-order chi connectivity index (χ1) is 7.29. The first-order valence-electron chi connectivity index (χ1n) is 4.69. The highest BCUT2D eigenvalue weighted by Gasteiger charge is 2.21. The van der Waals surface area contributed by atoms with Crippen LogP contribution in [0.5, 0.6) is 0 Å². The predicted molar refractivity (Wildman–Crippen MR) is 65.5 cm³/mol. The topological polar surface area (TPSA) is 38.2 Å². The number of halogens is 2. The molecule has 0 radical (unpaired) electrons. The van der Waals surface area contributed by atoms with Crippen LogP contribution >= 0.6 is 31.9 Å². The summed E-state index contributed by atoms with van der Waals surface area (Å²) in [5.74, 6) is 0.771. The minimum Gasteiger partial charge on any atom is -0.374 e. The van der Waals surface area contributed by atoms with E-state index in [9.17, 15) is 0 Å². The second-order valence-corrected chi connectivity index (χ2v) is 4.86. The van der Waals surface area contributed by atoms with Crippen molar-refractivity contribution in [2.24, 2.45) is 0 Å². The molecule has 2 rings (SSSR count). The van der Waals surface area contributed by atoms with Crippen LogP contribution in [0.4, 0.5) is 5.95 Å². The van der Waals surface area contributed by atoms with Gasteiger partial charge in [0.25, 0.3) is 0 Å². The molecule has 1 aromatic rings. The summed E-state index contributed by atoms with van der Waals surface area (Å²) in [6.07, 6.45) is 3.76. The van der Waals surface area contributed by atoms with Crippen molar-refractivity contribution in [2.45, 2.75) is 6.10 Å². The Morgan fingerprint density at radius 3 is 2.87 bits per heavy atom. The number of morpholine rings is 1. The predicted octanol–water partition coefficient (Wildman–Crippen LogP) is 1.84. The molecule has 82 valence electrons. The summed E-state index contributed by atoms with van der Waals surface area (Å²) in [6.45, 7) is 2.42. The normalized spacial score (nSPS) is 21.7. The van der Waals surface area contributed by atoms with E-state index in [2.05, 4.69) is 46.7 Å². The molecule has 1 unspecified atom stereocenters. The second kappa shape index (κ2) is 5.23. The molecule has 0 aromatic carbocycles. The summed E-state index contributed by atoms with van der Waals surface area (Å²) in [5.41, 5.74) is 0. The SMILES string of the molecule is BrCC1CN(c2ncc(Br)cn2)CCO1. The molecule has 0 amide bonds. The van der Waals surface area contributed by atoms with Crippen LogP contribution in [-0.4, -0.2) is 41.1 Å². The molecule has 1 aliphatic rings. The first kappa shape index (κ1) is 11.3. The maximum atomic E-state index is 5.55. The summed E-state index contributed by atoms with van der Waals surface area (Å²) in [7, 11) is 0. The van der Waals surface area contributed by atoms with Crippen LogP contribution in [0.1, 0.15) is 0 Å². The molecule has 1 aliphatic heterocycles. The molecule has 2 heterocycles. The molecule has 0 saturated carbocycles. The van der Waals surface area contributed by atoms with Crippen LogP contribution in [0.25, 0.3) is 0 Å². The van der Waals surface area contributed by atoms with E-state index in [4.69, 9.17) is 4.74 Å². The minimum atomic E-state index is 0.228. The van der Waals surface area contributed by atoms with E-state index in [1.807, 2.05) is 0 Å². The third-order valence-electron chi connectivity index (χ3n) is 2.20. The number of ether oxygens (including phenoxy) is 1. The molecule has 1 aromatic heterocycles. The molecule has 1 atom stereocenters. The van der Waals surface area contributed by atoms with Gasteiger partial charge in [0, 0.05) is 30.8 Å². The summed E-state index contributed by atoms with van der Waals surface area (Å²) < 4.78 is 6.45. The maximum Gasteiger partial charge on any atom is 0.225 e. The fourth-order valence-corrected chi connectivity index (χ4v) is 2.06. The van der Waals surface area contributed by atoms with Crippen LogP contribution in [0.15, 0.2) is 16.9 Å². The zero-order chi connectivity index (χ0) is 10.7. The molecule has 1 fully saturated rings. The standard InChI is InChI=1S/C9H11Br2N3O/c10-3-8-6-14(1-2-15-8)9-12-4-7(11)5-13-9/h4-5,8H,1-3,6H2. The molecule has 4 nitrogen and oxygen atoms in total. The van der Waals surface area contributed by atoms with Gasteiger partial charge in [-0.3, -0.25) is 0 Å². The van der Waals surface area contributed by atoms with Gasteiger partial charge in [-0.1, -0.05) is 15.9 Å². The van der Waals surface area contributed by atoms with E-state index in [0.29, 0.717) is 0 Å². The quantitative estimate of drug-likeness (QED) is 0.772. The number of hydrogen-bond donors (Lipinski definition) is 0. The fraction of sp³-hybridized carbons (Fsp3) is 0.556. The van der Waals surface area contributed by atoms with Crippen molar-refractivity contribution in [3.63, 3.8) is 0 Å². The molecule has 1 saturated heterocycles. The van der Waals surface area contributed by atoms with Gasteiger partial charge in [0.1, 0.15) is 0 Å². The van der Waals surface area contributed by atoms with Gasteiger partial charge in [0.2, 0.25) is 5.95 Å². The lowest BCUT2D eigenvalue weighted by Crippen LogP contribution is -2.44. The Balaban J connectivity index is 2.06. The van der Waals surface area contributed by atoms with Gasteiger partial charge in [-0.15, -0.1) is 0 Å². The number of alkyl halides is 1. The van der Waals surface area contributed by atoms with Crippen LogP contribution in [-0.2, 0) is 4.74 Å². The van der Waals surface area contributed by atoms with Crippen LogP contribution in [0, 0.1) is 0 Å². The van der Waals surface area contributed by atoms with Gasteiger partial charge in [-0.25, -0.2) is 9.97 Å². The van der Waals surface area contributed by atoms with Gasteiger partial charge in [0.15, 0.2) is 0 Å². The highest BCUT2D eigenvalue weighted by molar-refractivity contribution is 9.10. The van der Waals surface area contributed by atoms with Crippen molar-refractivity contribution in [2.75, 3.05) is 29.9 Å². The lowest BCUT2D eigenvalue weighted by Gasteiger charge is -2.31. The fourth-order valence-electron chi connectivity index (χ4n) is 1.46. The molecule has 0 aliphatic carbocycles. The Morgan fingerprint density at radius 2 is 2.20 bits per heavy atom. The number of aromatic nitrogens is 2. The van der Waals surface area contributed by atoms with Crippen LogP contribution in [0.3, 0.4) is 0 Å². The van der Waals surface area contributed by atoms with Gasteiger partial charge < -0.3 is 9.64 Å². The molecule has 0 bridgehead atoms. The van der Waals surface area contributed by atoms with Crippen molar-refractivity contribution < 1.29 is 4.74 Å². The number of anilines is 1. The second-order valence-electron chi connectivity index (χ2n) is 3.29. The van der Waals surface area contributed by atoms with E-state index in [1.54, 1.807) is 12.4 Å². The van der Waals surface area contributed by atoms with Gasteiger partial charge in [-0.05, 0) is 15.9 Å². The lowest BCUT2D eigenvalue weighted by molar-refractivity contribution is 0.0565. The Hall–Kier alpha value is -0.200. The average molecular weight is 337 g/mol. The smallest absolute Gasteiger partial charge is 0.225 e. The average Bonchev–Trinajstić information content (AvgIpc) is 2.30. The Bertz CT molecular complexity index is 320. The Morgan fingerprint density at radius 1 is 1.47 bits per heavy atom. The largest absolute Gasteiger partial charge is 0.374 e. The summed E-state index contributed by atoms with van der Waals surface area (Å²) >= 11 is 6.74. The lowest BCUT2D eigenvalue weighted by atomic mass is 10.3. The van der Waals surface area contributed by atoms with Gasteiger partial charge in [-0.2, -0.15) is 0 Å². The van der Waals surface area contributed by atoms with Crippen molar-refractivity contribution >= 4 is 37.8 Å². The molecule has 15 heavy (non-hydrogen) atoms. The Labute approximate surface area is 105 Å². The Kier molecular flexibility index (Phi) is 3.93. The van der Waals surface area contributed by atoms with Crippen molar-refractivity contribution in [1.29, 1.82) is 0 Å². The zero-order valence-electron chi connectivity index (χ0n) is 8.07. The summed E-state index contributed by atoms with van der Waals surface area (Å²) in [4.78, 5) is 10.7. The monoisotopic (exact) mass is 335 g/mol. The van der Waals surface area contributed by atoms with Crippen molar-refractivity contribution in [3.05, 3.63) is 16.9 Å². The van der Waals surface area contributed by atoms with Crippen molar-refractivity contribution in [3.8, 4) is 0 Å². The maximum absolute atomic E-state index is 5.55. The first-order valence-corrected chi connectivity index (χ1v) is 6.61. The van der Waals surface area contributed by atoms with Crippen LogP contribution in [0.2, 0.25) is 0 Å². The van der Waals surface area contributed by atoms with Gasteiger partial charge >= 0.3 is 0 Å². The third-order valence-corrected chi connectivity index (χ3v) is 3.33. The van der Waals surface area contributed by atoms with E-state index in [1.165, 1.54) is 0 Å². The van der Waals surface area contributed by atoms with E-state index in [-0.39, 0.29) is 6.10 Å². The van der Waals surface area contributed by atoms with E-state index < -0.39 is 0 Å². The highest BCUT2D eigenvalue weighted by atomic mass is 79.9. The third kappa shape index (κ3) is 2.89. The summed E-state index contributed by atoms with van der Waals surface area (Å²) in [5, 5.41) is 0.847. The number of rotatable bonds is 2. The van der Waals surface area contributed by atoms with E-state index >= 15 is 0 Å². The molecule has 6 heteroatoms. The molecule has 0 spiro atoms. The zero-order valence-corrected chi connectivity index (χ0v) is 11.2.